The molecule has 0 saturated carbocycles. The fourth-order valence-electron chi connectivity index (χ4n) is 4.28. The third kappa shape index (κ3) is 4.01. The number of nitrogens with zero attached hydrogens (tertiary/aromatic N) is 4. The molecule has 1 saturated heterocycles. The predicted octanol–water partition coefficient (Wildman–Crippen LogP) is 3.82. The van der Waals surface area contributed by atoms with Gasteiger partial charge in [0.15, 0.2) is 5.16 Å². The van der Waals surface area contributed by atoms with Crippen molar-refractivity contribution in [3.8, 4) is 0 Å². The van der Waals surface area contributed by atoms with Gasteiger partial charge in [-0.15, -0.1) is 0 Å². The number of pyridine rings is 1. The van der Waals surface area contributed by atoms with Crippen molar-refractivity contribution in [2.45, 2.75) is 42.8 Å². The fraction of sp³-hybridized carbons (Fsp3) is 0.304. The van der Waals surface area contributed by atoms with Gasteiger partial charge < -0.3 is 21.4 Å². The first-order valence-electron chi connectivity index (χ1n) is 10.8. The Balaban J connectivity index is 1.60. The smallest absolute Gasteiger partial charge is 0.249 e. The van der Waals surface area contributed by atoms with Crippen LogP contribution in [0, 0.1) is 6.92 Å². The highest BCUT2D eigenvalue weighted by molar-refractivity contribution is 7.99. The average molecular weight is 482 g/mol. The van der Waals surface area contributed by atoms with E-state index in [1.54, 1.807) is 6.07 Å². The quantitative estimate of drug-likeness (QED) is 0.370. The first-order valence-corrected chi connectivity index (χ1v) is 12.0. The number of primary amides is 1. The molecule has 1 amide bonds. The number of hydrogen-bond donors (Lipinski definition) is 3. The Hall–Kier alpha value is -2.88. The lowest BCUT2D eigenvalue weighted by molar-refractivity contribution is 0.100. The third-order valence-corrected chi connectivity index (χ3v) is 7.16. The normalized spacial score (nSPS) is 16.2. The highest BCUT2D eigenvalue weighted by Gasteiger charge is 2.26. The summed E-state index contributed by atoms with van der Waals surface area (Å²) >= 11 is 8.10. The van der Waals surface area contributed by atoms with Gasteiger partial charge in [0.25, 0.3) is 0 Å². The van der Waals surface area contributed by atoms with Crippen molar-refractivity contribution >= 4 is 57.0 Å². The summed E-state index contributed by atoms with van der Waals surface area (Å²) in [4.78, 5) is 32.6. The number of amides is 1. The molecule has 33 heavy (non-hydrogen) atoms. The number of hydrogen-bond acceptors (Lipinski definition) is 7. The van der Waals surface area contributed by atoms with E-state index < -0.39 is 5.91 Å². The maximum absolute atomic E-state index is 12.0. The van der Waals surface area contributed by atoms with Crippen LogP contribution < -0.4 is 16.4 Å². The number of carbonyl (C=O) groups is 1. The molecule has 0 bridgehead atoms. The molecular formula is C23H24ClN7OS. The van der Waals surface area contributed by atoms with Crippen molar-refractivity contribution in [2.75, 3.05) is 18.0 Å². The summed E-state index contributed by atoms with van der Waals surface area (Å²) < 4.78 is 0. The molecule has 0 radical (unpaired) electrons. The molecule has 10 heteroatoms. The van der Waals surface area contributed by atoms with Crippen molar-refractivity contribution in [2.24, 2.45) is 11.5 Å². The van der Waals surface area contributed by atoms with Gasteiger partial charge in [-0.05, 0) is 55.8 Å². The first kappa shape index (κ1) is 21.9. The van der Waals surface area contributed by atoms with Gasteiger partial charge in [-0.25, -0.2) is 9.97 Å². The minimum Gasteiger partial charge on any atom is -0.366 e. The van der Waals surface area contributed by atoms with Gasteiger partial charge >= 0.3 is 0 Å². The van der Waals surface area contributed by atoms with Gasteiger partial charge in [0.2, 0.25) is 5.91 Å². The second kappa shape index (κ2) is 8.48. The lowest BCUT2D eigenvalue weighted by Gasteiger charge is -2.18. The highest BCUT2D eigenvalue weighted by atomic mass is 35.5. The van der Waals surface area contributed by atoms with Crippen LogP contribution in [0.1, 0.15) is 35.1 Å². The molecule has 0 unspecified atom stereocenters. The molecule has 5 rings (SSSR count). The van der Waals surface area contributed by atoms with E-state index in [1.165, 1.54) is 11.8 Å². The van der Waals surface area contributed by atoms with Crippen LogP contribution in [0.3, 0.4) is 0 Å². The van der Waals surface area contributed by atoms with Crippen LogP contribution in [0.25, 0.3) is 21.9 Å². The number of anilines is 1. The Kier molecular flexibility index (Phi) is 5.64. The van der Waals surface area contributed by atoms with Gasteiger partial charge in [-0.2, -0.15) is 0 Å². The van der Waals surface area contributed by atoms with Crippen molar-refractivity contribution in [1.29, 1.82) is 0 Å². The molecule has 1 aliphatic rings. The van der Waals surface area contributed by atoms with E-state index >= 15 is 0 Å². The number of halogens is 1. The molecule has 0 aliphatic carbocycles. The standard InChI is InChI=1S/C23H24ClN7OS/c1-3-16-19(24)18-21(28-16)29-23(30-22(18)31-7-6-12(25)10-31)33-13-4-5-17-14(9-13)15(20(26)32)8-11(2)27-17/h4-5,8-9,12H,3,6-7,10,25H2,1-2H3,(H2,26,32)(H,28,29,30)/t12-/m0/s1. The van der Waals surface area contributed by atoms with Crippen molar-refractivity contribution in [3.05, 3.63) is 46.2 Å². The largest absolute Gasteiger partial charge is 0.366 e. The van der Waals surface area contributed by atoms with Crippen molar-refractivity contribution in [3.63, 3.8) is 0 Å². The number of benzene rings is 1. The molecule has 8 nitrogen and oxygen atoms in total. The van der Waals surface area contributed by atoms with E-state index in [2.05, 4.69) is 14.9 Å². The number of nitrogens with one attached hydrogen (secondary N) is 1. The Bertz CT molecular complexity index is 1400. The predicted molar refractivity (Wildman–Crippen MR) is 132 cm³/mol. The lowest BCUT2D eigenvalue weighted by Crippen LogP contribution is -2.27. The first-order chi connectivity index (χ1) is 15.8. The van der Waals surface area contributed by atoms with Crippen molar-refractivity contribution < 1.29 is 4.79 Å². The summed E-state index contributed by atoms with van der Waals surface area (Å²) in [5.41, 5.74) is 15.3. The molecular weight excluding hydrogens is 458 g/mol. The molecule has 3 aromatic heterocycles. The average Bonchev–Trinajstić information content (AvgIpc) is 3.35. The number of aryl methyl sites for hydroxylation is 2. The molecule has 1 aromatic carbocycles. The van der Waals surface area contributed by atoms with E-state index in [1.807, 2.05) is 32.0 Å². The zero-order chi connectivity index (χ0) is 23.3. The van der Waals surface area contributed by atoms with E-state index in [0.717, 1.165) is 58.9 Å². The zero-order valence-corrected chi connectivity index (χ0v) is 19.9. The Labute approximate surface area is 200 Å². The number of nitrogens with two attached hydrogens (primary N) is 2. The Morgan fingerprint density at radius 1 is 1.30 bits per heavy atom. The number of rotatable bonds is 5. The van der Waals surface area contributed by atoms with Crippen LogP contribution in [0.15, 0.2) is 34.3 Å². The van der Waals surface area contributed by atoms with Crippen LogP contribution in [0.5, 0.6) is 0 Å². The molecule has 4 aromatic rings. The number of fused-ring (bicyclic) bond motifs is 2. The van der Waals surface area contributed by atoms with Crippen molar-refractivity contribution in [1.82, 2.24) is 19.9 Å². The molecule has 170 valence electrons. The summed E-state index contributed by atoms with van der Waals surface area (Å²) in [7, 11) is 0. The van der Waals surface area contributed by atoms with Crippen LogP contribution >= 0.6 is 23.4 Å². The molecule has 1 atom stereocenters. The number of carbonyl (C=O) groups excluding carboxylic acids is 1. The summed E-state index contributed by atoms with van der Waals surface area (Å²) in [6, 6.07) is 7.56. The molecule has 4 heterocycles. The molecule has 0 spiro atoms. The molecule has 1 aliphatic heterocycles. The fourth-order valence-corrected chi connectivity index (χ4v) is 5.43. The molecule has 1 fully saturated rings. The molecule has 5 N–H and O–H groups in total. The second-order valence-corrected chi connectivity index (χ2v) is 9.69. The minimum atomic E-state index is -0.480. The number of aromatic nitrogens is 4. The van der Waals surface area contributed by atoms with Gasteiger partial charge in [-0.3, -0.25) is 9.78 Å². The number of H-pyrrole nitrogens is 1. The Morgan fingerprint density at radius 2 is 2.12 bits per heavy atom. The van der Waals surface area contributed by atoms with Crippen LogP contribution in [0.4, 0.5) is 5.82 Å². The summed E-state index contributed by atoms with van der Waals surface area (Å²) in [6.45, 7) is 5.44. The maximum atomic E-state index is 12.0. The lowest BCUT2D eigenvalue weighted by atomic mass is 10.1. The van der Waals surface area contributed by atoms with Gasteiger partial charge in [-0.1, -0.05) is 18.5 Å². The van der Waals surface area contributed by atoms with E-state index in [0.29, 0.717) is 26.8 Å². The number of aromatic amines is 1. The highest BCUT2D eigenvalue weighted by Crippen LogP contribution is 2.38. The topological polar surface area (TPSA) is 127 Å². The van der Waals surface area contributed by atoms with Crippen LogP contribution in [0.2, 0.25) is 5.02 Å². The van der Waals surface area contributed by atoms with Crippen LogP contribution in [-0.4, -0.2) is 45.0 Å². The van der Waals surface area contributed by atoms with E-state index in [4.69, 9.17) is 33.0 Å². The van der Waals surface area contributed by atoms with E-state index in [-0.39, 0.29) is 6.04 Å². The van der Waals surface area contributed by atoms with Gasteiger partial charge in [0, 0.05) is 40.8 Å². The summed E-state index contributed by atoms with van der Waals surface area (Å²) in [5, 5.41) is 2.79. The van der Waals surface area contributed by atoms with Gasteiger partial charge in [0.1, 0.15) is 11.5 Å². The zero-order valence-electron chi connectivity index (χ0n) is 18.4. The van der Waals surface area contributed by atoms with E-state index in [9.17, 15) is 4.79 Å². The monoisotopic (exact) mass is 481 g/mol. The second-order valence-electron chi connectivity index (χ2n) is 8.28. The van der Waals surface area contributed by atoms with Gasteiger partial charge in [0.05, 0.1) is 21.5 Å². The summed E-state index contributed by atoms with van der Waals surface area (Å²) in [6.07, 6.45) is 1.67. The summed E-state index contributed by atoms with van der Waals surface area (Å²) in [5.74, 6) is 0.318. The SMILES string of the molecule is CCc1[nH]c2nc(Sc3ccc4nc(C)cc(C(N)=O)c4c3)nc(N3CC[C@H](N)C3)c2c1Cl. The maximum Gasteiger partial charge on any atom is 0.249 e. The Morgan fingerprint density at radius 3 is 2.82 bits per heavy atom. The minimum absolute atomic E-state index is 0.109. The van der Waals surface area contributed by atoms with Crippen LogP contribution in [-0.2, 0) is 6.42 Å². The third-order valence-electron chi connectivity index (χ3n) is 5.88.